The fraction of sp³-hybridized carbons (Fsp3) is 0.385. The highest BCUT2D eigenvalue weighted by Crippen LogP contribution is 2.44. The van der Waals surface area contributed by atoms with Gasteiger partial charge in [0, 0.05) is 48.8 Å². The number of fused-ring (bicyclic) bond motifs is 1. The first-order valence-corrected chi connectivity index (χ1v) is 11.2. The van der Waals surface area contributed by atoms with E-state index in [9.17, 15) is 4.48 Å². The van der Waals surface area contributed by atoms with Crippen LogP contribution < -0.4 is 9.80 Å². The number of halogens is 1. The summed E-state index contributed by atoms with van der Waals surface area (Å²) in [6.07, 6.45) is 7.21. The SMILES string of the molecule is CC/C=C(\c1ccc(N(CC)CC)cc1)N(C)c1ccc2c(c1)c(C1CC1)cn2F. The Balaban J connectivity index is 1.68. The van der Waals surface area contributed by atoms with Crippen molar-refractivity contribution in [2.45, 2.75) is 46.0 Å². The third-order valence-corrected chi connectivity index (χ3v) is 6.23. The fourth-order valence-corrected chi connectivity index (χ4v) is 4.34. The van der Waals surface area contributed by atoms with Gasteiger partial charge in [0.2, 0.25) is 0 Å². The van der Waals surface area contributed by atoms with E-state index in [1.165, 1.54) is 29.8 Å². The van der Waals surface area contributed by atoms with Crippen LogP contribution in [0.4, 0.5) is 15.9 Å². The molecule has 1 aliphatic rings. The van der Waals surface area contributed by atoms with E-state index in [-0.39, 0.29) is 0 Å². The molecule has 3 aromatic rings. The van der Waals surface area contributed by atoms with E-state index >= 15 is 0 Å². The van der Waals surface area contributed by atoms with Gasteiger partial charge in [-0.1, -0.05) is 29.6 Å². The minimum absolute atomic E-state index is 0.517. The van der Waals surface area contributed by atoms with Crippen LogP contribution >= 0.6 is 0 Å². The predicted molar refractivity (Wildman–Crippen MR) is 127 cm³/mol. The second-order valence-electron chi connectivity index (χ2n) is 8.15. The van der Waals surface area contributed by atoms with Crippen LogP contribution in [0.25, 0.3) is 16.6 Å². The molecule has 0 radical (unpaired) electrons. The maximum atomic E-state index is 14.3. The van der Waals surface area contributed by atoms with Crippen molar-refractivity contribution < 1.29 is 4.48 Å². The summed E-state index contributed by atoms with van der Waals surface area (Å²) in [6.45, 7) is 8.54. The van der Waals surface area contributed by atoms with Crippen molar-refractivity contribution in [3.63, 3.8) is 0 Å². The van der Waals surface area contributed by atoms with Crippen molar-refractivity contribution in [1.29, 1.82) is 0 Å². The van der Waals surface area contributed by atoms with E-state index in [4.69, 9.17) is 0 Å². The maximum absolute atomic E-state index is 14.3. The van der Waals surface area contributed by atoms with Crippen LogP contribution in [0.2, 0.25) is 0 Å². The molecule has 1 saturated carbocycles. The molecular weight excluding hydrogens is 373 g/mol. The summed E-state index contributed by atoms with van der Waals surface area (Å²) in [5.41, 5.74) is 6.52. The van der Waals surface area contributed by atoms with Crippen LogP contribution in [-0.2, 0) is 0 Å². The van der Waals surface area contributed by atoms with Gasteiger partial charge >= 0.3 is 0 Å². The number of benzene rings is 2. The lowest BCUT2D eigenvalue weighted by Crippen LogP contribution is -2.21. The lowest BCUT2D eigenvalue weighted by atomic mass is 10.1. The van der Waals surface area contributed by atoms with Gasteiger partial charge in [-0.2, -0.15) is 4.79 Å². The Hall–Kier alpha value is -2.75. The zero-order valence-corrected chi connectivity index (χ0v) is 18.5. The van der Waals surface area contributed by atoms with Gasteiger partial charge in [0.1, 0.15) is 0 Å². The van der Waals surface area contributed by atoms with Crippen LogP contribution in [0, 0.1) is 0 Å². The average molecular weight is 406 g/mol. The first-order valence-electron chi connectivity index (χ1n) is 11.2. The molecule has 158 valence electrons. The Bertz CT molecular complexity index is 1040. The summed E-state index contributed by atoms with van der Waals surface area (Å²) in [5, 5.41) is 1.04. The lowest BCUT2D eigenvalue weighted by Gasteiger charge is -2.25. The van der Waals surface area contributed by atoms with Gasteiger partial charge in [-0.15, -0.1) is 0 Å². The third kappa shape index (κ3) is 3.83. The minimum Gasteiger partial charge on any atom is -0.372 e. The molecule has 0 unspecified atom stereocenters. The third-order valence-electron chi connectivity index (χ3n) is 6.23. The molecule has 3 nitrogen and oxygen atoms in total. The lowest BCUT2D eigenvalue weighted by molar-refractivity contribution is 0.387. The van der Waals surface area contributed by atoms with E-state index < -0.39 is 0 Å². The number of anilines is 2. The van der Waals surface area contributed by atoms with Gasteiger partial charge in [-0.3, -0.25) is 0 Å². The summed E-state index contributed by atoms with van der Waals surface area (Å²) < 4.78 is 14.3. The van der Waals surface area contributed by atoms with E-state index in [0.29, 0.717) is 11.4 Å². The molecule has 0 amide bonds. The van der Waals surface area contributed by atoms with Gasteiger partial charge in [-0.25, -0.2) is 0 Å². The second kappa shape index (κ2) is 8.55. The molecular formula is C26H32FN3. The first kappa shape index (κ1) is 20.5. The number of allylic oxidation sites excluding steroid dienone is 1. The molecule has 0 N–H and O–H groups in total. The van der Waals surface area contributed by atoms with E-state index in [1.54, 1.807) is 6.20 Å². The van der Waals surface area contributed by atoms with Crippen molar-refractivity contribution in [3.05, 3.63) is 65.9 Å². The number of hydrogen-bond acceptors (Lipinski definition) is 2. The number of rotatable bonds is 8. The molecule has 4 rings (SSSR count). The molecule has 0 aliphatic heterocycles. The molecule has 0 saturated heterocycles. The van der Waals surface area contributed by atoms with Gasteiger partial charge in [0.15, 0.2) is 0 Å². The molecule has 1 heterocycles. The standard InChI is InChI=1S/C26H32FN3/c1-5-8-25(20-11-13-21(14-12-20)29(6-2)7-3)28(4)22-15-16-26-23(17-22)24(18-30(26)27)19-9-10-19/h8,11-19H,5-7,9-10H2,1-4H3/b25-8+. The zero-order valence-electron chi connectivity index (χ0n) is 18.5. The smallest absolute Gasteiger partial charge is 0.0817 e. The Kier molecular flexibility index (Phi) is 5.85. The van der Waals surface area contributed by atoms with Crippen LogP contribution in [0.5, 0.6) is 0 Å². The molecule has 0 atom stereocenters. The van der Waals surface area contributed by atoms with Gasteiger partial charge in [-0.05, 0) is 80.5 Å². The largest absolute Gasteiger partial charge is 0.372 e. The Morgan fingerprint density at radius 1 is 1.03 bits per heavy atom. The van der Waals surface area contributed by atoms with Crippen molar-refractivity contribution in [1.82, 2.24) is 4.79 Å². The molecule has 2 aromatic carbocycles. The Labute approximate surface area is 179 Å². The Morgan fingerprint density at radius 3 is 2.30 bits per heavy atom. The van der Waals surface area contributed by atoms with E-state index in [1.807, 2.05) is 12.1 Å². The Morgan fingerprint density at radius 2 is 1.70 bits per heavy atom. The van der Waals surface area contributed by atoms with E-state index in [2.05, 4.69) is 74.0 Å². The molecule has 0 bridgehead atoms. The average Bonchev–Trinajstić information content (AvgIpc) is 3.56. The van der Waals surface area contributed by atoms with Crippen LogP contribution in [0.1, 0.15) is 57.1 Å². The van der Waals surface area contributed by atoms with Crippen molar-refractivity contribution in [3.8, 4) is 0 Å². The van der Waals surface area contributed by atoms with Crippen LogP contribution in [0.3, 0.4) is 0 Å². The second-order valence-corrected chi connectivity index (χ2v) is 8.15. The molecule has 1 aromatic heterocycles. The first-order chi connectivity index (χ1) is 14.6. The topological polar surface area (TPSA) is 11.4 Å². The highest BCUT2D eigenvalue weighted by Gasteiger charge is 2.27. The summed E-state index contributed by atoms with van der Waals surface area (Å²) in [6, 6.07) is 14.9. The van der Waals surface area contributed by atoms with Crippen LogP contribution in [0.15, 0.2) is 54.7 Å². The van der Waals surface area contributed by atoms with Crippen molar-refractivity contribution in [2.24, 2.45) is 0 Å². The summed E-state index contributed by atoms with van der Waals surface area (Å²) >= 11 is 0. The monoisotopic (exact) mass is 405 g/mol. The summed E-state index contributed by atoms with van der Waals surface area (Å²) in [7, 11) is 2.10. The molecule has 4 heteroatoms. The molecule has 30 heavy (non-hydrogen) atoms. The molecule has 1 aliphatic carbocycles. The number of hydrogen-bond donors (Lipinski definition) is 0. The number of aromatic nitrogens is 1. The number of nitrogens with zero attached hydrogens (tertiary/aromatic N) is 3. The molecule has 0 spiro atoms. The summed E-state index contributed by atoms with van der Waals surface area (Å²) in [4.78, 5) is 5.36. The normalized spacial score (nSPS) is 14.4. The molecule has 1 fully saturated rings. The quantitative estimate of drug-likeness (QED) is 0.400. The van der Waals surface area contributed by atoms with Gasteiger partial charge in [0.25, 0.3) is 0 Å². The van der Waals surface area contributed by atoms with Gasteiger partial charge < -0.3 is 9.80 Å². The highest BCUT2D eigenvalue weighted by atomic mass is 19.2. The zero-order chi connectivity index (χ0) is 21.3. The predicted octanol–water partition coefficient (Wildman–Crippen LogP) is 6.98. The van der Waals surface area contributed by atoms with Crippen molar-refractivity contribution in [2.75, 3.05) is 29.9 Å². The maximum Gasteiger partial charge on any atom is 0.0817 e. The highest BCUT2D eigenvalue weighted by molar-refractivity contribution is 5.90. The van der Waals surface area contributed by atoms with E-state index in [0.717, 1.165) is 40.9 Å². The summed E-state index contributed by atoms with van der Waals surface area (Å²) in [5.74, 6) is 0.517. The van der Waals surface area contributed by atoms with Crippen LogP contribution in [-0.4, -0.2) is 24.9 Å². The van der Waals surface area contributed by atoms with Gasteiger partial charge in [0.05, 0.1) is 5.52 Å². The minimum atomic E-state index is 0.517. The van der Waals surface area contributed by atoms with Crippen molar-refractivity contribution >= 4 is 28.0 Å². The fourth-order valence-electron chi connectivity index (χ4n) is 4.34.